The molecule has 0 bridgehead atoms. The lowest BCUT2D eigenvalue weighted by atomic mass is 10.1. The Balaban J connectivity index is 2.01. The van der Waals surface area contributed by atoms with Gasteiger partial charge < -0.3 is 0 Å². The molecule has 0 saturated carbocycles. The summed E-state index contributed by atoms with van der Waals surface area (Å²) >= 11 is 6.46. The number of carbonyl (C=O) groups excluding carboxylic acids is 2. The summed E-state index contributed by atoms with van der Waals surface area (Å²) in [5, 5.41) is 4.30. The van der Waals surface area contributed by atoms with E-state index in [4.69, 9.17) is 12.2 Å². The molecule has 1 aliphatic heterocycles. The van der Waals surface area contributed by atoms with Gasteiger partial charge in [0.15, 0.2) is 5.11 Å². The minimum Gasteiger partial charge on any atom is -0.298 e. The van der Waals surface area contributed by atoms with E-state index in [2.05, 4.69) is 5.32 Å². The zero-order valence-electron chi connectivity index (χ0n) is 11.1. The molecule has 2 aromatic rings. The van der Waals surface area contributed by atoms with Crippen LogP contribution < -0.4 is 10.2 Å². The van der Waals surface area contributed by atoms with Crippen LogP contribution in [0.2, 0.25) is 0 Å². The van der Waals surface area contributed by atoms with Crippen LogP contribution in [0.5, 0.6) is 0 Å². The van der Waals surface area contributed by atoms with Crippen molar-refractivity contribution in [3.05, 3.63) is 58.0 Å². The summed E-state index contributed by atoms with van der Waals surface area (Å²) in [5.74, 6) is -1.49. The third-order valence-corrected chi connectivity index (χ3v) is 4.12. The summed E-state index contributed by atoms with van der Waals surface area (Å²) in [6.45, 7) is 0. The molecule has 1 fully saturated rings. The zero-order chi connectivity index (χ0) is 15.7. The van der Waals surface area contributed by atoms with Gasteiger partial charge in [0.2, 0.25) is 0 Å². The van der Waals surface area contributed by atoms with Gasteiger partial charge in [-0.25, -0.2) is 4.39 Å². The third-order valence-electron chi connectivity index (χ3n) is 3.02. The minimum absolute atomic E-state index is 0.0135. The Morgan fingerprint density at radius 3 is 2.55 bits per heavy atom. The molecular weight excluding hydrogens is 323 g/mol. The van der Waals surface area contributed by atoms with Crippen LogP contribution in [0.1, 0.15) is 4.88 Å². The second-order valence-electron chi connectivity index (χ2n) is 4.45. The van der Waals surface area contributed by atoms with E-state index in [1.54, 1.807) is 6.07 Å². The van der Waals surface area contributed by atoms with E-state index in [-0.39, 0.29) is 10.7 Å². The van der Waals surface area contributed by atoms with Gasteiger partial charge in [0.05, 0.1) is 5.69 Å². The lowest BCUT2D eigenvalue weighted by Crippen LogP contribution is -2.54. The van der Waals surface area contributed by atoms with E-state index in [0.717, 1.165) is 4.88 Å². The van der Waals surface area contributed by atoms with Crippen molar-refractivity contribution in [2.24, 2.45) is 0 Å². The first-order valence-corrected chi connectivity index (χ1v) is 7.55. The molecule has 0 aliphatic carbocycles. The number of carbonyl (C=O) groups is 2. The molecule has 1 aromatic heterocycles. The maximum Gasteiger partial charge on any atom is 0.270 e. The van der Waals surface area contributed by atoms with E-state index in [1.807, 2.05) is 11.4 Å². The van der Waals surface area contributed by atoms with Gasteiger partial charge in [-0.15, -0.1) is 11.3 Å². The Labute approximate surface area is 134 Å². The van der Waals surface area contributed by atoms with E-state index in [0.29, 0.717) is 5.69 Å². The minimum atomic E-state index is -0.540. The fourth-order valence-corrected chi connectivity index (χ4v) is 2.94. The van der Waals surface area contributed by atoms with Crippen molar-refractivity contribution in [3.63, 3.8) is 0 Å². The maximum atomic E-state index is 13.0. The fraction of sp³-hybridized carbons (Fsp3) is 0. The summed E-state index contributed by atoms with van der Waals surface area (Å²) in [6, 6.07) is 8.94. The highest BCUT2D eigenvalue weighted by atomic mass is 32.1. The van der Waals surface area contributed by atoms with Gasteiger partial charge in [0.1, 0.15) is 11.4 Å². The summed E-state index contributed by atoms with van der Waals surface area (Å²) in [6.07, 6.45) is 1.51. The van der Waals surface area contributed by atoms with E-state index in [1.165, 1.54) is 46.6 Å². The lowest BCUT2D eigenvalue weighted by Gasteiger charge is -2.28. The first kappa shape index (κ1) is 14.6. The van der Waals surface area contributed by atoms with Crippen molar-refractivity contribution >= 4 is 52.2 Å². The number of rotatable bonds is 2. The Bertz CT molecular complexity index is 782. The predicted molar refractivity (Wildman–Crippen MR) is 86.9 cm³/mol. The van der Waals surface area contributed by atoms with Crippen molar-refractivity contribution in [2.75, 3.05) is 4.90 Å². The maximum absolute atomic E-state index is 13.0. The summed E-state index contributed by atoms with van der Waals surface area (Å²) < 4.78 is 13.0. The number of halogens is 1. The van der Waals surface area contributed by atoms with Crippen LogP contribution in [0.25, 0.3) is 6.08 Å². The average molecular weight is 332 g/mol. The molecule has 0 radical (unpaired) electrons. The molecule has 7 heteroatoms. The quantitative estimate of drug-likeness (QED) is 0.523. The van der Waals surface area contributed by atoms with Gasteiger partial charge >= 0.3 is 0 Å². The van der Waals surface area contributed by atoms with E-state index < -0.39 is 17.6 Å². The number of thiophene rings is 1. The number of hydrogen-bond acceptors (Lipinski definition) is 4. The van der Waals surface area contributed by atoms with Crippen LogP contribution in [0.3, 0.4) is 0 Å². The number of hydrogen-bond donors (Lipinski definition) is 1. The highest BCUT2D eigenvalue weighted by Gasteiger charge is 2.34. The second kappa shape index (κ2) is 5.78. The lowest BCUT2D eigenvalue weighted by molar-refractivity contribution is -0.122. The molecule has 1 N–H and O–H groups in total. The molecule has 2 heterocycles. The van der Waals surface area contributed by atoms with Crippen molar-refractivity contribution in [2.45, 2.75) is 0 Å². The van der Waals surface area contributed by atoms with Crippen molar-refractivity contribution in [1.29, 1.82) is 0 Å². The summed E-state index contributed by atoms with van der Waals surface area (Å²) in [5.41, 5.74) is 0.383. The molecule has 1 aromatic carbocycles. The number of thiocarbonyl (C=S) groups is 1. The van der Waals surface area contributed by atoms with Gasteiger partial charge in [-0.05, 0) is 54.0 Å². The summed E-state index contributed by atoms with van der Waals surface area (Å²) in [7, 11) is 0. The smallest absolute Gasteiger partial charge is 0.270 e. The predicted octanol–water partition coefficient (Wildman–Crippen LogP) is 2.72. The van der Waals surface area contributed by atoms with E-state index >= 15 is 0 Å². The van der Waals surface area contributed by atoms with Gasteiger partial charge in [-0.3, -0.25) is 19.8 Å². The number of nitrogens with zero attached hydrogens (tertiary/aromatic N) is 1. The first-order chi connectivity index (χ1) is 10.6. The number of anilines is 1. The Morgan fingerprint density at radius 1 is 1.18 bits per heavy atom. The van der Waals surface area contributed by atoms with Crippen LogP contribution in [0.15, 0.2) is 47.4 Å². The topological polar surface area (TPSA) is 49.4 Å². The Hall–Kier alpha value is -2.38. The largest absolute Gasteiger partial charge is 0.298 e. The molecule has 0 unspecified atom stereocenters. The van der Waals surface area contributed by atoms with Crippen LogP contribution in [-0.2, 0) is 9.59 Å². The summed E-state index contributed by atoms with van der Waals surface area (Å²) in [4.78, 5) is 26.5. The van der Waals surface area contributed by atoms with Gasteiger partial charge in [0, 0.05) is 4.88 Å². The molecule has 22 heavy (non-hydrogen) atoms. The van der Waals surface area contributed by atoms with Crippen LogP contribution >= 0.6 is 23.6 Å². The van der Waals surface area contributed by atoms with Crippen LogP contribution in [0.4, 0.5) is 10.1 Å². The number of amides is 2. The number of nitrogens with one attached hydrogen (secondary N) is 1. The first-order valence-electron chi connectivity index (χ1n) is 6.27. The van der Waals surface area contributed by atoms with Crippen LogP contribution in [-0.4, -0.2) is 16.9 Å². The Kier molecular flexibility index (Phi) is 3.82. The average Bonchev–Trinajstić information content (AvgIpc) is 2.98. The SMILES string of the molecule is O=C1NC(=S)N(c2ccc(F)cc2)C(=O)/C1=C\c1cccs1. The molecule has 1 saturated heterocycles. The monoisotopic (exact) mass is 332 g/mol. The van der Waals surface area contributed by atoms with Crippen LogP contribution in [0, 0.1) is 5.82 Å². The number of benzene rings is 1. The van der Waals surface area contributed by atoms with Gasteiger partial charge in [-0.2, -0.15) is 0 Å². The van der Waals surface area contributed by atoms with Crippen molar-refractivity contribution in [3.8, 4) is 0 Å². The van der Waals surface area contributed by atoms with E-state index in [9.17, 15) is 14.0 Å². The van der Waals surface area contributed by atoms with Gasteiger partial charge in [0.25, 0.3) is 11.8 Å². The van der Waals surface area contributed by atoms with Crippen molar-refractivity contribution < 1.29 is 14.0 Å². The highest BCUT2D eigenvalue weighted by Crippen LogP contribution is 2.23. The molecule has 3 rings (SSSR count). The molecular formula is C15H9FN2O2S2. The zero-order valence-corrected chi connectivity index (χ0v) is 12.7. The molecule has 1 aliphatic rings. The van der Waals surface area contributed by atoms with Crippen molar-refractivity contribution in [1.82, 2.24) is 5.32 Å². The Morgan fingerprint density at radius 2 is 1.91 bits per heavy atom. The molecule has 4 nitrogen and oxygen atoms in total. The fourth-order valence-electron chi connectivity index (χ4n) is 2.00. The standard InChI is InChI=1S/C15H9FN2O2S2/c16-9-3-5-10(6-4-9)18-14(20)12(13(19)17-15(18)21)8-11-2-1-7-22-11/h1-8H,(H,17,19,21)/b12-8-. The normalized spacial score (nSPS) is 17.0. The highest BCUT2D eigenvalue weighted by molar-refractivity contribution is 7.80. The molecule has 0 spiro atoms. The molecule has 2 amide bonds. The molecule has 0 atom stereocenters. The molecule has 110 valence electrons. The van der Waals surface area contributed by atoms with Gasteiger partial charge in [-0.1, -0.05) is 6.07 Å². The second-order valence-corrected chi connectivity index (χ2v) is 5.82. The third kappa shape index (κ3) is 2.68.